The lowest BCUT2D eigenvalue weighted by Crippen LogP contribution is -2.31. The minimum Gasteiger partial charge on any atom is -0.336 e. The smallest absolute Gasteiger partial charge is 0.230 e. The van der Waals surface area contributed by atoms with Gasteiger partial charge in [-0.1, -0.05) is 60.7 Å². The predicted molar refractivity (Wildman–Crippen MR) is 123 cm³/mol. The Morgan fingerprint density at radius 3 is 1.28 bits per heavy atom. The lowest BCUT2D eigenvalue weighted by molar-refractivity contribution is -0.133. The Hall–Kier alpha value is -2.70. The average molecular weight is 433 g/mol. The van der Waals surface area contributed by atoms with Crippen LogP contribution in [0.3, 0.4) is 0 Å². The third-order valence-electron chi connectivity index (χ3n) is 7.69. The maximum absolute atomic E-state index is 12.2. The third-order valence-corrected chi connectivity index (χ3v) is 7.69. The molecular weight excluding hydrogens is 400 g/mol. The summed E-state index contributed by atoms with van der Waals surface area (Å²) in [5.41, 5.74) is 14.1. The quantitative estimate of drug-likeness (QED) is 0.775. The standard InChI is InChI=1S/2C13H16N2O/c2*14-11-9-15(12(16)13(11)6-7-13)8-10-4-2-1-3-5-10/h2*1-5,11H,6-9,14H2. The molecule has 2 aliphatic heterocycles. The van der Waals surface area contributed by atoms with Crippen LogP contribution in [0.2, 0.25) is 0 Å². The van der Waals surface area contributed by atoms with Crippen LogP contribution in [0.15, 0.2) is 60.7 Å². The van der Waals surface area contributed by atoms with Gasteiger partial charge in [0, 0.05) is 38.3 Å². The van der Waals surface area contributed by atoms with Gasteiger partial charge in [0.05, 0.1) is 10.8 Å². The number of nitrogens with two attached hydrogens (primary N) is 2. The highest BCUT2D eigenvalue weighted by molar-refractivity contribution is 5.89. The van der Waals surface area contributed by atoms with Crippen LogP contribution in [0.1, 0.15) is 36.8 Å². The number of rotatable bonds is 4. The van der Waals surface area contributed by atoms with E-state index in [0.717, 1.165) is 25.7 Å². The van der Waals surface area contributed by atoms with Crippen LogP contribution in [-0.2, 0) is 22.7 Å². The molecule has 2 saturated carbocycles. The van der Waals surface area contributed by atoms with Crippen LogP contribution >= 0.6 is 0 Å². The van der Waals surface area contributed by atoms with Gasteiger partial charge in [0.15, 0.2) is 0 Å². The van der Waals surface area contributed by atoms with Gasteiger partial charge in [-0.15, -0.1) is 0 Å². The number of carbonyl (C=O) groups excluding carboxylic acids is 2. The van der Waals surface area contributed by atoms with Crippen molar-refractivity contribution in [3.63, 3.8) is 0 Å². The topological polar surface area (TPSA) is 92.7 Å². The minimum absolute atomic E-state index is 0.0451. The van der Waals surface area contributed by atoms with Crippen LogP contribution in [0.25, 0.3) is 0 Å². The summed E-state index contributed by atoms with van der Waals surface area (Å²) in [6.45, 7) is 2.84. The summed E-state index contributed by atoms with van der Waals surface area (Å²) in [5, 5.41) is 0. The molecule has 2 spiro atoms. The maximum Gasteiger partial charge on any atom is 0.230 e. The second-order valence-electron chi connectivity index (χ2n) is 9.87. The number of hydrogen-bond donors (Lipinski definition) is 2. The molecule has 6 heteroatoms. The van der Waals surface area contributed by atoms with Gasteiger partial charge >= 0.3 is 0 Å². The Balaban J connectivity index is 0.000000135. The molecule has 6 nitrogen and oxygen atoms in total. The largest absolute Gasteiger partial charge is 0.336 e. The van der Waals surface area contributed by atoms with Crippen LogP contribution < -0.4 is 11.5 Å². The molecule has 2 aromatic carbocycles. The van der Waals surface area contributed by atoms with E-state index in [4.69, 9.17) is 11.5 Å². The zero-order valence-electron chi connectivity index (χ0n) is 18.5. The van der Waals surface area contributed by atoms with E-state index < -0.39 is 0 Å². The summed E-state index contributed by atoms with van der Waals surface area (Å²) in [7, 11) is 0. The molecule has 2 amide bonds. The molecule has 2 saturated heterocycles. The van der Waals surface area contributed by atoms with Crippen molar-refractivity contribution >= 4 is 11.8 Å². The highest BCUT2D eigenvalue weighted by Gasteiger charge is 2.61. The maximum atomic E-state index is 12.2. The number of hydrogen-bond acceptors (Lipinski definition) is 4. The fourth-order valence-corrected chi connectivity index (χ4v) is 5.26. The molecule has 2 heterocycles. The van der Waals surface area contributed by atoms with Crippen molar-refractivity contribution in [3.8, 4) is 0 Å². The van der Waals surface area contributed by atoms with Crippen molar-refractivity contribution < 1.29 is 9.59 Å². The Kier molecular flexibility index (Phi) is 5.30. The van der Waals surface area contributed by atoms with Gasteiger partial charge in [-0.2, -0.15) is 0 Å². The molecular formula is C26H32N4O2. The van der Waals surface area contributed by atoms with E-state index in [1.165, 1.54) is 11.1 Å². The molecule has 2 aliphatic carbocycles. The minimum atomic E-state index is -0.172. The molecule has 4 fully saturated rings. The molecule has 168 valence electrons. The molecule has 0 bridgehead atoms. The first-order chi connectivity index (χ1) is 15.4. The zero-order chi connectivity index (χ0) is 22.3. The summed E-state index contributed by atoms with van der Waals surface area (Å²) in [6, 6.07) is 20.3. The Labute approximate surface area is 189 Å². The van der Waals surface area contributed by atoms with E-state index in [-0.39, 0.29) is 34.7 Å². The van der Waals surface area contributed by atoms with Crippen LogP contribution in [0.4, 0.5) is 0 Å². The van der Waals surface area contributed by atoms with Crippen molar-refractivity contribution in [2.24, 2.45) is 22.3 Å². The van der Waals surface area contributed by atoms with Gasteiger partial charge in [0.1, 0.15) is 0 Å². The van der Waals surface area contributed by atoms with Crippen LogP contribution in [-0.4, -0.2) is 46.8 Å². The Morgan fingerprint density at radius 2 is 1.00 bits per heavy atom. The summed E-state index contributed by atoms with van der Waals surface area (Å²) in [4.78, 5) is 28.1. The van der Waals surface area contributed by atoms with Gasteiger partial charge < -0.3 is 21.3 Å². The molecule has 4 N–H and O–H groups in total. The van der Waals surface area contributed by atoms with Crippen molar-refractivity contribution in [1.82, 2.24) is 9.80 Å². The molecule has 2 atom stereocenters. The first-order valence-corrected chi connectivity index (χ1v) is 11.6. The number of nitrogens with zero attached hydrogens (tertiary/aromatic N) is 2. The van der Waals surface area contributed by atoms with Crippen LogP contribution in [0, 0.1) is 10.8 Å². The second-order valence-corrected chi connectivity index (χ2v) is 9.87. The summed E-state index contributed by atoms with van der Waals surface area (Å²) in [6.07, 6.45) is 3.94. The first-order valence-electron chi connectivity index (χ1n) is 11.6. The van der Waals surface area contributed by atoms with E-state index in [1.807, 2.05) is 46.2 Å². The highest BCUT2D eigenvalue weighted by atomic mass is 16.2. The molecule has 6 rings (SSSR count). The summed E-state index contributed by atoms with van der Waals surface area (Å²) in [5.74, 6) is 0.535. The van der Waals surface area contributed by atoms with E-state index in [1.54, 1.807) is 0 Å². The second kappa shape index (κ2) is 8.01. The number of benzene rings is 2. The molecule has 2 unspecified atom stereocenters. The molecule has 0 aromatic heterocycles. The first kappa shape index (κ1) is 21.2. The monoisotopic (exact) mass is 432 g/mol. The number of likely N-dealkylation sites (tertiary alicyclic amines) is 2. The van der Waals surface area contributed by atoms with Gasteiger partial charge in [-0.3, -0.25) is 9.59 Å². The van der Waals surface area contributed by atoms with E-state index >= 15 is 0 Å². The van der Waals surface area contributed by atoms with Crippen LogP contribution in [0.5, 0.6) is 0 Å². The molecule has 0 radical (unpaired) electrons. The van der Waals surface area contributed by atoms with Gasteiger partial charge in [0.25, 0.3) is 0 Å². The number of carbonyl (C=O) groups is 2. The van der Waals surface area contributed by atoms with E-state index in [9.17, 15) is 9.59 Å². The average Bonchev–Trinajstić information content (AvgIpc) is 3.72. The molecule has 4 aliphatic rings. The third kappa shape index (κ3) is 3.71. The summed E-state index contributed by atoms with van der Waals surface area (Å²) >= 11 is 0. The van der Waals surface area contributed by atoms with E-state index in [2.05, 4.69) is 24.3 Å². The van der Waals surface area contributed by atoms with Crippen molar-refractivity contribution in [3.05, 3.63) is 71.8 Å². The lowest BCUT2D eigenvalue weighted by atomic mass is 10.0. The van der Waals surface area contributed by atoms with Gasteiger partial charge in [-0.25, -0.2) is 0 Å². The highest BCUT2D eigenvalue weighted by Crippen LogP contribution is 2.53. The molecule has 32 heavy (non-hydrogen) atoms. The van der Waals surface area contributed by atoms with Crippen molar-refractivity contribution in [2.75, 3.05) is 13.1 Å². The van der Waals surface area contributed by atoms with Crippen molar-refractivity contribution in [2.45, 2.75) is 50.9 Å². The van der Waals surface area contributed by atoms with Crippen molar-refractivity contribution in [1.29, 1.82) is 0 Å². The molecule has 2 aromatic rings. The van der Waals surface area contributed by atoms with E-state index in [0.29, 0.717) is 26.2 Å². The zero-order valence-corrected chi connectivity index (χ0v) is 18.5. The lowest BCUT2D eigenvalue weighted by Gasteiger charge is -2.16. The fourth-order valence-electron chi connectivity index (χ4n) is 5.26. The Morgan fingerprint density at radius 1 is 0.656 bits per heavy atom. The number of amides is 2. The fraction of sp³-hybridized carbons (Fsp3) is 0.462. The SMILES string of the molecule is NC1CN(Cc2ccccc2)C(=O)C12CC2.NC1CN(Cc2ccccc2)C(=O)C12CC2. The van der Waals surface area contributed by atoms with Gasteiger partial charge in [-0.05, 0) is 36.8 Å². The van der Waals surface area contributed by atoms with Gasteiger partial charge in [0.2, 0.25) is 11.8 Å². The Bertz CT molecular complexity index is 904. The normalized spacial score (nSPS) is 26.4. The predicted octanol–water partition coefficient (Wildman–Crippen LogP) is 2.27. The summed E-state index contributed by atoms with van der Waals surface area (Å²) < 4.78 is 0.